The maximum absolute atomic E-state index is 12.5. The van der Waals surface area contributed by atoms with Crippen molar-refractivity contribution in [2.45, 2.75) is 26.7 Å². The first-order valence-electron chi connectivity index (χ1n) is 8.79. The van der Waals surface area contributed by atoms with Crippen molar-refractivity contribution >= 4 is 29.0 Å². The van der Waals surface area contributed by atoms with Crippen LogP contribution in [0.5, 0.6) is 0 Å². The van der Waals surface area contributed by atoms with Gasteiger partial charge >= 0.3 is 0 Å². The number of hydrogen-bond acceptors (Lipinski definition) is 3. The maximum Gasteiger partial charge on any atom is 0.229 e. The third kappa shape index (κ3) is 3.82. The zero-order valence-electron chi connectivity index (χ0n) is 15.0. The third-order valence-corrected chi connectivity index (χ3v) is 4.71. The van der Waals surface area contributed by atoms with E-state index in [2.05, 4.69) is 12.2 Å². The van der Waals surface area contributed by atoms with E-state index in [1.165, 1.54) is 12.5 Å². The Kier molecular flexibility index (Phi) is 5.16. The van der Waals surface area contributed by atoms with Crippen LogP contribution in [0.15, 0.2) is 48.5 Å². The lowest BCUT2D eigenvalue weighted by Crippen LogP contribution is -2.28. The van der Waals surface area contributed by atoms with Gasteiger partial charge in [0.1, 0.15) is 0 Å². The summed E-state index contributed by atoms with van der Waals surface area (Å²) < 4.78 is 0. The molecule has 134 valence electrons. The van der Waals surface area contributed by atoms with E-state index in [9.17, 15) is 14.4 Å². The minimum atomic E-state index is -0.388. The van der Waals surface area contributed by atoms with Crippen LogP contribution in [0.1, 0.15) is 36.2 Å². The van der Waals surface area contributed by atoms with Gasteiger partial charge in [0, 0.05) is 29.9 Å². The topological polar surface area (TPSA) is 66.5 Å². The van der Waals surface area contributed by atoms with Gasteiger partial charge in [-0.1, -0.05) is 19.1 Å². The third-order valence-electron chi connectivity index (χ3n) is 4.71. The molecule has 1 aliphatic rings. The van der Waals surface area contributed by atoms with Gasteiger partial charge < -0.3 is 10.2 Å². The lowest BCUT2D eigenvalue weighted by atomic mass is 10.1. The number of Topliss-reactive ketones (excluding diaryl/α,β-unsaturated/α-hetero) is 1. The molecule has 2 amide bonds. The van der Waals surface area contributed by atoms with Gasteiger partial charge in [0.2, 0.25) is 11.8 Å². The number of nitrogens with one attached hydrogen (secondary N) is 1. The molecule has 0 radical (unpaired) electrons. The van der Waals surface area contributed by atoms with Crippen LogP contribution in [0.3, 0.4) is 0 Å². The van der Waals surface area contributed by atoms with Crippen molar-refractivity contribution < 1.29 is 14.4 Å². The van der Waals surface area contributed by atoms with Crippen LogP contribution in [0.2, 0.25) is 0 Å². The van der Waals surface area contributed by atoms with Crippen LogP contribution < -0.4 is 10.2 Å². The molecule has 0 aliphatic carbocycles. The van der Waals surface area contributed by atoms with Gasteiger partial charge in [-0.25, -0.2) is 0 Å². The molecule has 1 heterocycles. The molecule has 0 bridgehead atoms. The summed E-state index contributed by atoms with van der Waals surface area (Å²) >= 11 is 0. The summed E-state index contributed by atoms with van der Waals surface area (Å²) in [6.45, 7) is 3.96. The number of rotatable bonds is 5. The summed E-state index contributed by atoms with van der Waals surface area (Å²) in [7, 11) is 0. The number of amides is 2. The van der Waals surface area contributed by atoms with Gasteiger partial charge in [-0.05, 0) is 55.3 Å². The van der Waals surface area contributed by atoms with Gasteiger partial charge in [0.25, 0.3) is 0 Å². The molecule has 2 aromatic carbocycles. The molecule has 0 spiro atoms. The van der Waals surface area contributed by atoms with E-state index >= 15 is 0 Å². The Hall–Kier alpha value is -2.95. The van der Waals surface area contributed by atoms with Crippen molar-refractivity contribution in [3.8, 4) is 0 Å². The van der Waals surface area contributed by atoms with Crippen molar-refractivity contribution in [1.82, 2.24) is 0 Å². The SMILES string of the molecule is CCc1ccc(N2C[C@@H](C(=O)Nc3ccc(C(C)=O)cc3)CC2=O)cc1. The summed E-state index contributed by atoms with van der Waals surface area (Å²) in [5.74, 6) is -0.627. The van der Waals surface area contributed by atoms with Crippen molar-refractivity contribution in [2.75, 3.05) is 16.8 Å². The first-order valence-corrected chi connectivity index (χ1v) is 8.79. The fourth-order valence-corrected chi connectivity index (χ4v) is 3.08. The summed E-state index contributed by atoms with van der Waals surface area (Å²) in [5.41, 5.74) is 3.26. The van der Waals surface area contributed by atoms with Gasteiger partial charge in [-0.3, -0.25) is 14.4 Å². The van der Waals surface area contributed by atoms with Crippen molar-refractivity contribution in [1.29, 1.82) is 0 Å². The Morgan fingerprint density at radius 1 is 1.08 bits per heavy atom. The van der Waals surface area contributed by atoms with E-state index in [1.54, 1.807) is 29.2 Å². The van der Waals surface area contributed by atoms with Gasteiger partial charge in [0.15, 0.2) is 5.78 Å². The molecule has 1 fully saturated rings. The van der Waals surface area contributed by atoms with Crippen LogP contribution in [0.25, 0.3) is 0 Å². The quantitative estimate of drug-likeness (QED) is 0.840. The highest BCUT2D eigenvalue weighted by Crippen LogP contribution is 2.26. The molecule has 1 N–H and O–H groups in total. The predicted octanol–water partition coefficient (Wildman–Crippen LogP) is 3.44. The lowest BCUT2D eigenvalue weighted by molar-refractivity contribution is -0.122. The molecule has 26 heavy (non-hydrogen) atoms. The Morgan fingerprint density at radius 2 is 1.73 bits per heavy atom. The normalized spacial score (nSPS) is 16.6. The first kappa shape index (κ1) is 17.9. The molecule has 0 unspecified atom stereocenters. The van der Waals surface area contributed by atoms with E-state index < -0.39 is 0 Å². The second kappa shape index (κ2) is 7.52. The molecule has 5 heteroatoms. The van der Waals surface area contributed by atoms with Crippen LogP contribution in [0, 0.1) is 5.92 Å². The van der Waals surface area contributed by atoms with E-state index in [4.69, 9.17) is 0 Å². The molecular weight excluding hydrogens is 328 g/mol. The molecule has 0 aromatic heterocycles. The number of carbonyl (C=O) groups is 3. The fourth-order valence-electron chi connectivity index (χ4n) is 3.08. The zero-order valence-corrected chi connectivity index (χ0v) is 15.0. The summed E-state index contributed by atoms with van der Waals surface area (Å²) in [5, 5.41) is 2.83. The second-order valence-electron chi connectivity index (χ2n) is 6.55. The van der Waals surface area contributed by atoms with Crippen molar-refractivity contribution in [3.05, 3.63) is 59.7 Å². The Morgan fingerprint density at radius 3 is 2.31 bits per heavy atom. The highest BCUT2D eigenvalue weighted by Gasteiger charge is 2.35. The molecular formula is C21H22N2O3. The number of hydrogen-bond donors (Lipinski definition) is 1. The van der Waals surface area contributed by atoms with Crippen LogP contribution in [0.4, 0.5) is 11.4 Å². The smallest absolute Gasteiger partial charge is 0.229 e. The predicted molar refractivity (Wildman–Crippen MR) is 101 cm³/mol. The standard InChI is InChI=1S/C21H22N2O3/c1-3-15-4-10-19(11-5-15)23-13-17(12-20(23)25)21(26)22-18-8-6-16(7-9-18)14(2)24/h4-11,17H,3,12-13H2,1-2H3,(H,22,26)/t17-/m0/s1. The molecule has 3 rings (SSSR count). The monoisotopic (exact) mass is 350 g/mol. The summed E-state index contributed by atoms with van der Waals surface area (Å²) in [4.78, 5) is 37.8. The number of carbonyl (C=O) groups excluding carboxylic acids is 3. The average Bonchev–Trinajstić information content (AvgIpc) is 3.04. The molecule has 5 nitrogen and oxygen atoms in total. The zero-order chi connectivity index (χ0) is 18.7. The Bertz CT molecular complexity index is 825. The summed E-state index contributed by atoms with van der Waals surface area (Å²) in [6.07, 6.45) is 1.15. The molecule has 1 saturated heterocycles. The Balaban J connectivity index is 1.65. The number of aryl methyl sites for hydroxylation is 1. The van der Waals surface area contributed by atoms with Crippen LogP contribution in [-0.2, 0) is 16.0 Å². The largest absolute Gasteiger partial charge is 0.326 e. The number of ketones is 1. The van der Waals surface area contributed by atoms with Gasteiger partial charge in [-0.15, -0.1) is 0 Å². The van der Waals surface area contributed by atoms with Gasteiger partial charge in [0.05, 0.1) is 5.92 Å². The lowest BCUT2D eigenvalue weighted by Gasteiger charge is -2.17. The van der Waals surface area contributed by atoms with Gasteiger partial charge in [-0.2, -0.15) is 0 Å². The molecule has 2 aromatic rings. The first-order chi connectivity index (χ1) is 12.5. The number of benzene rings is 2. The van der Waals surface area contributed by atoms with E-state index in [1.807, 2.05) is 24.3 Å². The van der Waals surface area contributed by atoms with Crippen molar-refractivity contribution in [3.63, 3.8) is 0 Å². The number of nitrogens with zero attached hydrogens (tertiary/aromatic N) is 1. The molecule has 0 saturated carbocycles. The van der Waals surface area contributed by atoms with Crippen LogP contribution >= 0.6 is 0 Å². The maximum atomic E-state index is 12.5. The highest BCUT2D eigenvalue weighted by molar-refractivity contribution is 6.03. The van der Waals surface area contributed by atoms with E-state index in [0.29, 0.717) is 17.8 Å². The van der Waals surface area contributed by atoms with E-state index in [-0.39, 0.29) is 29.9 Å². The highest BCUT2D eigenvalue weighted by atomic mass is 16.2. The molecule has 1 atom stereocenters. The Labute approximate surface area is 153 Å². The minimum Gasteiger partial charge on any atom is -0.326 e. The molecule has 1 aliphatic heterocycles. The minimum absolute atomic E-state index is 0.0194. The fraction of sp³-hybridized carbons (Fsp3) is 0.286. The number of anilines is 2. The second-order valence-corrected chi connectivity index (χ2v) is 6.55. The summed E-state index contributed by atoms with van der Waals surface area (Å²) in [6, 6.07) is 14.6. The van der Waals surface area contributed by atoms with Crippen molar-refractivity contribution in [2.24, 2.45) is 5.92 Å². The van der Waals surface area contributed by atoms with E-state index in [0.717, 1.165) is 12.1 Å². The average molecular weight is 350 g/mol. The van der Waals surface area contributed by atoms with Crippen LogP contribution in [-0.4, -0.2) is 24.1 Å².